The molecular formula is C27H25ClF3NO5. The lowest BCUT2D eigenvalue weighted by Gasteiger charge is -2.36. The van der Waals surface area contributed by atoms with E-state index in [-0.39, 0.29) is 41.3 Å². The van der Waals surface area contributed by atoms with Crippen LogP contribution in [0.5, 0.6) is 0 Å². The third-order valence-corrected chi connectivity index (χ3v) is 6.02. The van der Waals surface area contributed by atoms with Crippen LogP contribution in [0.3, 0.4) is 0 Å². The van der Waals surface area contributed by atoms with Crippen molar-refractivity contribution in [3.8, 4) is 0 Å². The molecule has 6 nitrogen and oxygen atoms in total. The molecule has 0 bridgehead atoms. The molecule has 1 aliphatic heterocycles. The number of benzene rings is 2. The molecule has 2 atom stereocenters. The molecule has 0 unspecified atom stereocenters. The highest BCUT2D eigenvalue weighted by Crippen LogP contribution is 2.46. The first-order valence-corrected chi connectivity index (χ1v) is 11.9. The van der Waals surface area contributed by atoms with Gasteiger partial charge < -0.3 is 14.8 Å². The Morgan fingerprint density at radius 2 is 1.62 bits per heavy atom. The molecule has 1 aliphatic rings. The van der Waals surface area contributed by atoms with Crippen LogP contribution in [0.2, 0.25) is 5.02 Å². The molecule has 2 aromatic rings. The second-order valence-corrected chi connectivity index (χ2v) is 8.58. The van der Waals surface area contributed by atoms with Gasteiger partial charge in [-0.3, -0.25) is 9.59 Å². The molecule has 196 valence electrons. The van der Waals surface area contributed by atoms with Crippen LogP contribution in [0.4, 0.5) is 13.2 Å². The first-order valence-electron chi connectivity index (χ1n) is 11.5. The van der Waals surface area contributed by atoms with Crippen molar-refractivity contribution < 1.29 is 37.0 Å². The number of halogens is 4. The van der Waals surface area contributed by atoms with Crippen molar-refractivity contribution in [1.29, 1.82) is 0 Å². The Hall–Kier alpha value is -3.59. The monoisotopic (exact) mass is 535 g/mol. The van der Waals surface area contributed by atoms with E-state index in [0.717, 1.165) is 12.1 Å². The van der Waals surface area contributed by atoms with Crippen LogP contribution >= 0.6 is 11.6 Å². The van der Waals surface area contributed by atoms with E-state index in [9.17, 15) is 27.6 Å². The smallest absolute Gasteiger partial charge is 0.416 e. The molecule has 1 N–H and O–H groups in total. The Morgan fingerprint density at radius 3 is 2.22 bits per heavy atom. The lowest BCUT2D eigenvalue weighted by Crippen LogP contribution is -2.41. The van der Waals surface area contributed by atoms with Crippen LogP contribution in [0.1, 0.15) is 48.2 Å². The largest absolute Gasteiger partial charge is 0.465 e. The number of nitrogens with one attached hydrogen (secondary N) is 1. The fourth-order valence-corrected chi connectivity index (χ4v) is 4.38. The molecular weight excluding hydrogens is 511 g/mol. The van der Waals surface area contributed by atoms with Crippen LogP contribution in [0.15, 0.2) is 71.6 Å². The molecule has 37 heavy (non-hydrogen) atoms. The number of ether oxygens (including phenoxy) is 2. The maximum atomic E-state index is 14.1. The highest BCUT2D eigenvalue weighted by atomic mass is 35.5. The zero-order valence-corrected chi connectivity index (χ0v) is 21.1. The molecule has 0 saturated heterocycles. The summed E-state index contributed by atoms with van der Waals surface area (Å²) in [6.07, 6.45) is -3.66. The standard InChI is InChI=1S/C27H25ClF3NO5/c1-4-36-25(34)22-15(3)32-20(14-21(33)16-10-12-17(28)13-11-16)24(26(35)37-5-2)23(22)18-8-6-7-9-19(18)27(29,30)31/h6-14,23-24,32H,4-5H2,1-3H3/b20-14-/t23-,24-/m1/s1. The second kappa shape index (κ2) is 11.6. The Kier molecular flexibility index (Phi) is 8.81. The molecule has 0 aliphatic carbocycles. The molecule has 1 heterocycles. The second-order valence-electron chi connectivity index (χ2n) is 8.15. The van der Waals surface area contributed by atoms with E-state index in [4.69, 9.17) is 21.1 Å². The summed E-state index contributed by atoms with van der Waals surface area (Å²) in [7, 11) is 0. The van der Waals surface area contributed by atoms with Gasteiger partial charge in [0.25, 0.3) is 0 Å². The van der Waals surface area contributed by atoms with Crippen molar-refractivity contribution in [2.24, 2.45) is 5.92 Å². The van der Waals surface area contributed by atoms with Gasteiger partial charge in [-0.25, -0.2) is 4.79 Å². The third-order valence-electron chi connectivity index (χ3n) is 5.77. The summed E-state index contributed by atoms with van der Waals surface area (Å²) in [5, 5.41) is 3.28. The van der Waals surface area contributed by atoms with E-state index in [0.29, 0.717) is 5.02 Å². The summed E-state index contributed by atoms with van der Waals surface area (Å²) < 4.78 is 52.6. The van der Waals surface area contributed by atoms with Crippen molar-refractivity contribution in [2.45, 2.75) is 32.9 Å². The van der Waals surface area contributed by atoms with E-state index in [1.165, 1.54) is 49.4 Å². The predicted octanol–water partition coefficient (Wildman–Crippen LogP) is 5.83. The van der Waals surface area contributed by atoms with Gasteiger partial charge in [-0.2, -0.15) is 13.2 Å². The highest BCUT2D eigenvalue weighted by molar-refractivity contribution is 6.30. The summed E-state index contributed by atoms with van der Waals surface area (Å²) in [5.41, 5.74) is -1.11. The number of hydrogen-bond donors (Lipinski definition) is 1. The quantitative estimate of drug-likeness (QED) is 0.273. The first kappa shape index (κ1) is 28.0. The van der Waals surface area contributed by atoms with E-state index in [1.54, 1.807) is 13.8 Å². The van der Waals surface area contributed by atoms with E-state index < -0.39 is 41.3 Å². The third kappa shape index (κ3) is 6.22. The van der Waals surface area contributed by atoms with Gasteiger partial charge in [-0.1, -0.05) is 29.8 Å². The fourth-order valence-electron chi connectivity index (χ4n) is 4.25. The first-order chi connectivity index (χ1) is 17.5. The topological polar surface area (TPSA) is 81.7 Å². The number of alkyl halides is 3. The number of hydrogen-bond acceptors (Lipinski definition) is 6. The van der Waals surface area contributed by atoms with Crippen LogP contribution in [-0.4, -0.2) is 30.9 Å². The van der Waals surface area contributed by atoms with Gasteiger partial charge in [0, 0.05) is 34.0 Å². The number of ketones is 1. The summed E-state index contributed by atoms with van der Waals surface area (Å²) >= 11 is 5.89. The summed E-state index contributed by atoms with van der Waals surface area (Å²) in [4.78, 5) is 39.3. The zero-order valence-electron chi connectivity index (χ0n) is 20.3. The molecule has 10 heteroatoms. The van der Waals surface area contributed by atoms with Gasteiger partial charge in [-0.15, -0.1) is 0 Å². The lowest BCUT2D eigenvalue weighted by atomic mass is 9.73. The minimum Gasteiger partial charge on any atom is -0.465 e. The SMILES string of the molecule is CCOC(=O)C1=C(C)N/C(=C\C(=O)c2ccc(Cl)cc2)[C@@H](C(=O)OCC)[C@@H]1c1ccccc1C(F)(F)F. The molecule has 3 rings (SSSR count). The number of carbonyl (C=O) groups excluding carboxylic acids is 3. The number of carbonyl (C=O) groups is 3. The van der Waals surface area contributed by atoms with E-state index in [1.807, 2.05) is 0 Å². The van der Waals surface area contributed by atoms with Gasteiger partial charge in [0.1, 0.15) is 5.92 Å². The van der Waals surface area contributed by atoms with Crippen LogP contribution in [-0.2, 0) is 25.2 Å². The van der Waals surface area contributed by atoms with Crippen LogP contribution in [0, 0.1) is 5.92 Å². The van der Waals surface area contributed by atoms with Crippen molar-refractivity contribution in [1.82, 2.24) is 5.32 Å². The minimum absolute atomic E-state index is 0.00840. The maximum absolute atomic E-state index is 14.1. The van der Waals surface area contributed by atoms with Crippen LogP contribution < -0.4 is 5.32 Å². The normalized spacial score (nSPS) is 18.8. The Bertz CT molecular complexity index is 1250. The molecule has 0 spiro atoms. The fraction of sp³-hybridized carbons (Fsp3) is 0.296. The van der Waals surface area contributed by atoms with Gasteiger partial charge in [0.05, 0.1) is 24.4 Å². The van der Waals surface area contributed by atoms with Gasteiger partial charge >= 0.3 is 18.1 Å². The Morgan fingerprint density at radius 1 is 1.00 bits per heavy atom. The van der Waals surface area contributed by atoms with Crippen molar-refractivity contribution in [2.75, 3.05) is 13.2 Å². The van der Waals surface area contributed by atoms with E-state index >= 15 is 0 Å². The van der Waals surface area contributed by atoms with Gasteiger partial charge in [0.15, 0.2) is 5.78 Å². The number of allylic oxidation sites excluding steroid dienone is 2. The highest BCUT2D eigenvalue weighted by Gasteiger charge is 2.47. The van der Waals surface area contributed by atoms with Crippen molar-refractivity contribution >= 4 is 29.3 Å². The van der Waals surface area contributed by atoms with E-state index in [2.05, 4.69) is 5.32 Å². The lowest BCUT2D eigenvalue weighted by molar-refractivity contribution is -0.149. The van der Waals surface area contributed by atoms with Crippen molar-refractivity contribution in [3.63, 3.8) is 0 Å². The van der Waals surface area contributed by atoms with Crippen LogP contribution in [0.25, 0.3) is 0 Å². The van der Waals surface area contributed by atoms with Gasteiger partial charge in [0.2, 0.25) is 0 Å². The van der Waals surface area contributed by atoms with Gasteiger partial charge in [-0.05, 0) is 56.7 Å². The summed E-state index contributed by atoms with van der Waals surface area (Å²) in [6, 6.07) is 10.7. The average Bonchev–Trinajstić information content (AvgIpc) is 2.83. The average molecular weight is 536 g/mol. The van der Waals surface area contributed by atoms with Crippen molar-refractivity contribution in [3.05, 3.63) is 93.3 Å². The molecule has 0 saturated carbocycles. The number of esters is 2. The Labute approximate surface area is 217 Å². The molecule has 2 aromatic carbocycles. The zero-order chi connectivity index (χ0) is 27.3. The molecule has 0 amide bonds. The summed E-state index contributed by atoms with van der Waals surface area (Å²) in [5.74, 6) is -5.22. The summed E-state index contributed by atoms with van der Waals surface area (Å²) in [6.45, 7) is 4.46. The number of rotatable bonds is 7. The molecule has 0 fully saturated rings. The molecule has 0 aromatic heterocycles. The maximum Gasteiger partial charge on any atom is 0.416 e. The minimum atomic E-state index is -4.78. The Balaban J connectivity index is 2.29. The predicted molar refractivity (Wildman–Crippen MR) is 131 cm³/mol. The molecule has 0 radical (unpaired) electrons.